The Morgan fingerprint density at radius 2 is 1.02 bits per heavy atom. The number of unbranched alkanes of at least 4 members (excludes halogenated alkanes) is 14. The maximum atomic E-state index is 14.4. The van der Waals surface area contributed by atoms with Crippen molar-refractivity contribution < 1.29 is 53.4 Å². The summed E-state index contributed by atoms with van der Waals surface area (Å²) in [5.41, 5.74) is 1.96. The Bertz CT molecular complexity index is 1270. The molecule has 0 aliphatic carbocycles. The summed E-state index contributed by atoms with van der Waals surface area (Å²) in [5, 5.41) is 53.2. The molecule has 0 atom stereocenters. The Hall–Kier alpha value is -2.91. The number of nitrogens with two attached hydrogens (primary N) is 1. The lowest BCUT2D eigenvalue weighted by molar-refractivity contribution is -0.639. The zero-order valence-corrected chi connectivity index (χ0v) is 32.1. The minimum Gasteiger partial charge on any atom is -0.542 e. The molecule has 6 N–H and O–H groups in total. The van der Waals surface area contributed by atoms with Crippen LogP contribution in [0.4, 0.5) is 13.2 Å². The number of carboxylic acids is 1. The van der Waals surface area contributed by atoms with Crippen LogP contribution in [0.25, 0.3) is 0 Å². The number of carboxylic acid groups (broad SMARTS) is 1. The molecular formula is C39H63F3NO7P. The van der Waals surface area contributed by atoms with Crippen molar-refractivity contribution in [1.82, 2.24) is 0 Å². The van der Waals surface area contributed by atoms with Crippen molar-refractivity contribution in [2.75, 3.05) is 25.2 Å². The fraction of sp³-hybridized carbons (Fsp3) is 0.667. The van der Waals surface area contributed by atoms with E-state index in [2.05, 4.69) is 19.2 Å². The summed E-state index contributed by atoms with van der Waals surface area (Å²) in [6.45, 7) is 8.30. The van der Waals surface area contributed by atoms with Crippen LogP contribution in [0.5, 0.6) is 23.0 Å². The highest BCUT2D eigenvalue weighted by molar-refractivity contribution is 7.63. The molecule has 0 aromatic heterocycles. The predicted molar refractivity (Wildman–Crippen MR) is 196 cm³/mol. The molecule has 0 fully saturated rings. The smallest absolute Gasteiger partial charge is 0.430 e. The number of rotatable bonds is 24. The van der Waals surface area contributed by atoms with E-state index < -0.39 is 25.2 Å². The fourth-order valence-corrected chi connectivity index (χ4v) is 9.05. The number of carbonyl (C=O) groups is 1. The molecule has 0 bridgehead atoms. The summed E-state index contributed by atoms with van der Waals surface area (Å²) in [7, 11) is -2.41. The molecule has 0 saturated heterocycles. The van der Waals surface area contributed by atoms with Gasteiger partial charge in [0.25, 0.3) is 0 Å². The van der Waals surface area contributed by atoms with Gasteiger partial charge < -0.3 is 40.2 Å². The van der Waals surface area contributed by atoms with Crippen molar-refractivity contribution in [1.29, 1.82) is 0 Å². The molecule has 0 amide bonds. The third-order valence-electron chi connectivity index (χ3n) is 9.55. The largest absolute Gasteiger partial charge is 0.542 e. The maximum Gasteiger partial charge on any atom is 0.430 e. The monoisotopic (exact) mass is 745 g/mol. The number of benzene rings is 2. The number of hydrogen-bond donors (Lipinski definition) is 5. The van der Waals surface area contributed by atoms with Crippen molar-refractivity contribution in [3.63, 3.8) is 0 Å². The Labute approximate surface area is 303 Å². The summed E-state index contributed by atoms with van der Waals surface area (Å²) < 4.78 is 45.9. The van der Waals surface area contributed by atoms with E-state index in [4.69, 9.17) is 9.90 Å². The molecule has 0 aliphatic rings. The summed E-state index contributed by atoms with van der Waals surface area (Å²) >= 11 is 0. The van der Waals surface area contributed by atoms with Gasteiger partial charge in [-0.3, -0.25) is 0 Å². The molecule has 0 saturated carbocycles. The van der Waals surface area contributed by atoms with Crippen LogP contribution >= 0.6 is 7.14 Å². The molecule has 0 spiro atoms. The average Bonchev–Trinajstić information content (AvgIpc) is 3.08. The summed E-state index contributed by atoms with van der Waals surface area (Å²) in [6, 6.07) is 6.52. The predicted octanol–water partition coefficient (Wildman–Crippen LogP) is 8.72. The van der Waals surface area contributed by atoms with E-state index in [1.165, 1.54) is 77.0 Å². The Kier molecular flexibility index (Phi) is 22.0. The number of carbonyl (C=O) groups excluding carboxylic acids is 1. The number of aromatic hydroxyl groups is 4. The van der Waals surface area contributed by atoms with Gasteiger partial charge in [-0.25, -0.2) is 0 Å². The van der Waals surface area contributed by atoms with Gasteiger partial charge in [0, 0.05) is 34.6 Å². The molecule has 0 aliphatic heterocycles. The zero-order valence-electron chi connectivity index (χ0n) is 31.2. The molecule has 292 valence electrons. The maximum absolute atomic E-state index is 14.4. The summed E-state index contributed by atoms with van der Waals surface area (Å²) in [4.78, 5) is 8.78. The topological polar surface area (TPSA) is 155 Å². The van der Waals surface area contributed by atoms with E-state index in [9.17, 15) is 38.2 Å². The van der Waals surface area contributed by atoms with Gasteiger partial charge in [-0.1, -0.05) is 116 Å². The molecule has 12 heteroatoms. The highest BCUT2D eigenvalue weighted by atomic mass is 31.2. The highest BCUT2D eigenvalue weighted by Crippen LogP contribution is 2.46. The fourth-order valence-electron chi connectivity index (χ4n) is 6.24. The van der Waals surface area contributed by atoms with Gasteiger partial charge in [-0.2, -0.15) is 13.2 Å². The van der Waals surface area contributed by atoms with Crippen molar-refractivity contribution in [2.24, 2.45) is 0 Å². The standard InChI is InChI=1S/C37H62NO5P.C2HF3O2/c1-5-7-9-11-13-15-17-19-25-44(43,26-20-18-16-14-12-10-8-6-2)28-38-27-33(31-21-23-34(39)29(3)36(31)41)32-22-24-35(40)30(4)37(32)42;3-2(4,5)1(6)7/h21-24,33,38-42H,5-20,25-28H2,1-4H3;(H,6,7). The molecule has 2 rings (SSSR count). The van der Waals surface area contributed by atoms with Crippen molar-refractivity contribution >= 4 is 13.1 Å². The van der Waals surface area contributed by atoms with E-state index in [0.29, 0.717) is 35.1 Å². The molecule has 2 aromatic carbocycles. The van der Waals surface area contributed by atoms with E-state index in [1.807, 2.05) is 0 Å². The minimum absolute atomic E-state index is 0.00501. The van der Waals surface area contributed by atoms with Gasteiger partial charge in [0.15, 0.2) is 0 Å². The molecular weight excluding hydrogens is 682 g/mol. The van der Waals surface area contributed by atoms with Crippen LogP contribution < -0.4 is 10.4 Å². The SMILES string of the molecule is CCCCCCCCCCP(=O)(CCCCCCCCCC)C[NH2+]CC(c1ccc(O)c(C)c1O)c1ccc(O)c(C)c1O.O=C([O-])C(F)(F)F. The first-order chi connectivity index (χ1) is 24.1. The zero-order chi connectivity index (χ0) is 38.5. The molecule has 0 heterocycles. The molecule has 51 heavy (non-hydrogen) atoms. The van der Waals surface area contributed by atoms with E-state index in [1.54, 1.807) is 38.1 Å². The molecule has 0 radical (unpaired) electrons. The first-order valence-electron chi connectivity index (χ1n) is 18.8. The first-order valence-corrected chi connectivity index (χ1v) is 21.1. The number of quaternary nitrogens is 1. The quantitative estimate of drug-likeness (QED) is 0.0532. The summed E-state index contributed by atoms with van der Waals surface area (Å²) in [5.74, 6) is -3.40. The van der Waals surface area contributed by atoms with E-state index >= 15 is 0 Å². The Morgan fingerprint density at radius 3 is 1.35 bits per heavy atom. The van der Waals surface area contributed by atoms with Crippen LogP contribution in [0.15, 0.2) is 24.3 Å². The van der Waals surface area contributed by atoms with Crippen molar-refractivity contribution in [3.8, 4) is 23.0 Å². The Morgan fingerprint density at radius 1 is 0.686 bits per heavy atom. The van der Waals surface area contributed by atoms with Gasteiger partial charge in [0.1, 0.15) is 42.4 Å². The van der Waals surface area contributed by atoms with Gasteiger partial charge in [0.05, 0.1) is 12.5 Å². The normalized spacial score (nSPS) is 11.8. The van der Waals surface area contributed by atoms with Crippen LogP contribution in [0.2, 0.25) is 0 Å². The second kappa shape index (κ2) is 24.4. The molecule has 8 nitrogen and oxygen atoms in total. The second-order valence-corrected chi connectivity index (χ2v) is 17.2. The van der Waals surface area contributed by atoms with Crippen LogP contribution in [0, 0.1) is 13.8 Å². The number of phenolic OH excluding ortho intramolecular Hbond substituents is 4. The van der Waals surface area contributed by atoms with E-state index in [0.717, 1.165) is 38.0 Å². The minimum atomic E-state index is -5.19. The first kappa shape index (κ1) is 46.1. The van der Waals surface area contributed by atoms with Crippen molar-refractivity contribution in [2.45, 2.75) is 143 Å². The van der Waals surface area contributed by atoms with E-state index in [-0.39, 0.29) is 23.0 Å². The average molecular weight is 746 g/mol. The highest BCUT2D eigenvalue weighted by Gasteiger charge is 2.30. The number of hydrogen-bond acceptors (Lipinski definition) is 7. The van der Waals surface area contributed by atoms with Gasteiger partial charge in [-0.05, 0) is 38.8 Å². The van der Waals surface area contributed by atoms with Crippen LogP contribution in [-0.2, 0) is 9.36 Å². The number of aliphatic carboxylic acids is 1. The van der Waals surface area contributed by atoms with Gasteiger partial charge >= 0.3 is 6.18 Å². The Balaban J connectivity index is 0.00000167. The molecule has 2 aromatic rings. The third-order valence-corrected chi connectivity index (χ3v) is 12.7. The lowest BCUT2D eigenvalue weighted by Crippen LogP contribution is -2.85. The lowest BCUT2D eigenvalue weighted by atomic mass is 9.87. The van der Waals surface area contributed by atoms with Crippen LogP contribution in [0.3, 0.4) is 0 Å². The number of halogens is 3. The van der Waals surface area contributed by atoms with Gasteiger partial charge in [0.2, 0.25) is 0 Å². The number of alkyl halides is 3. The molecule has 0 unspecified atom stereocenters. The number of phenols is 4. The third kappa shape index (κ3) is 17.4. The second-order valence-electron chi connectivity index (χ2n) is 13.8. The lowest BCUT2D eigenvalue weighted by Gasteiger charge is -2.23. The van der Waals surface area contributed by atoms with Crippen LogP contribution in [-0.4, -0.2) is 57.7 Å². The van der Waals surface area contributed by atoms with Gasteiger partial charge in [-0.15, -0.1) is 0 Å². The van der Waals surface area contributed by atoms with Crippen LogP contribution in [0.1, 0.15) is 145 Å². The summed E-state index contributed by atoms with van der Waals surface area (Å²) in [6.07, 6.45) is 16.5. The van der Waals surface area contributed by atoms with Crippen molar-refractivity contribution in [3.05, 3.63) is 46.5 Å².